The third-order valence-electron chi connectivity index (χ3n) is 2.86. The summed E-state index contributed by atoms with van der Waals surface area (Å²) in [5, 5.41) is 2.83. The fourth-order valence-corrected chi connectivity index (χ4v) is 2.41. The highest BCUT2D eigenvalue weighted by molar-refractivity contribution is 7.00. The Balaban J connectivity index is 1.88. The van der Waals surface area contributed by atoms with Crippen LogP contribution in [0.4, 0.5) is 5.69 Å². The van der Waals surface area contributed by atoms with Crippen LogP contribution in [0.2, 0.25) is 0 Å². The molecule has 0 aliphatic heterocycles. The number of fused-ring (bicyclic) bond motifs is 1. The molecule has 3 aromatic rings. The average molecular weight is 285 g/mol. The Hall–Kier alpha value is -2.47. The maximum absolute atomic E-state index is 12.2. The van der Waals surface area contributed by atoms with Crippen LogP contribution in [0, 0.1) is 0 Å². The second-order valence-electron chi connectivity index (χ2n) is 4.12. The predicted molar refractivity (Wildman–Crippen MR) is 78.4 cm³/mol. The molecule has 0 aliphatic rings. The maximum atomic E-state index is 12.2. The molecule has 0 fully saturated rings. The molecule has 0 aliphatic carbocycles. The molecule has 0 radical (unpaired) electrons. The second-order valence-corrected chi connectivity index (χ2v) is 4.65. The highest BCUT2D eigenvalue weighted by Gasteiger charge is 2.12. The number of amides is 1. The minimum Gasteiger partial charge on any atom is -0.496 e. The normalized spacial score (nSPS) is 10.4. The number of anilines is 1. The van der Waals surface area contributed by atoms with Crippen molar-refractivity contribution < 1.29 is 9.53 Å². The summed E-state index contributed by atoms with van der Waals surface area (Å²) in [6, 6.07) is 12.5. The van der Waals surface area contributed by atoms with Crippen LogP contribution in [0.25, 0.3) is 11.0 Å². The van der Waals surface area contributed by atoms with Crippen LogP contribution in [-0.4, -0.2) is 21.8 Å². The monoisotopic (exact) mass is 285 g/mol. The van der Waals surface area contributed by atoms with Crippen LogP contribution in [0.1, 0.15) is 10.4 Å². The summed E-state index contributed by atoms with van der Waals surface area (Å²) in [4.78, 5) is 12.2. The standard InChI is InChI=1S/C14H11N3O2S/c1-19-13-5-3-2-4-10(13)14(18)15-9-6-7-11-12(8-9)17-20-16-11/h2-8H,1H3,(H,15,18). The fraction of sp³-hybridized carbons (Fsp3) is 0.0714. The summed E-state index contributed by atoms with van der Waals surface area (Å²) >= 11 is 1.15. The van der Waals surface area contributed by atoms with E-state index < -0.39 is 0 Å². The number of ether oxygens (including phenoxy) is 1. The van der Waals surface area contributed by atoms with Gasteiger partial charge in [-0.2, -0.15) is 8.75 Å². The van der Waals surface area contributed by atoms with Gasteiger partial charge in [-0.1, -0.05) is 12.1 Å². The van der Waals surface area contributed by atoms with E-state index in [0.29, 0.717) is 17.0 Å². The molecule has 0 atom stereocenters. The molecular formula is C14H11N3O2S. The van der Waals surface area contributed by atoms with Crippen molar-refractivity contribution in [2.45, 2.75) is 0 Å². The smallest absolute Gasteiger partial charge is 0.259 e. The van der Waals surface area contributed by atoms with Gasteiger partial charge in [0, 0.05) is 5.69 Å². The van der Waals surface area contributed by atoms with Gasteiger partial charge in [-0.25, -0.2) is 0 Å². The van der Waals surface area contributed by atoms with Crippen molar-refractivity contribution in [1.82, 2.24) is 8.75 Å². The van der Waals surface area contributed by atoms with Crippen molar-refractivity contribution in [3.05, 3.63) is 48.0 Å². The Morgan fingerprint density at radius 1 is 1.15 bits per heavy atom. The Labute approximate surface area is 119 Å². The van der Waals surface area contributed by atoms with E-state index in [9.17, 15) is 4.79 Å². The molecule has 1 amide bonds. The zero-order valence-corrected chi connectivity index (χ0v) is 11.5. The van der Waals surface area contributed by atoms with Crippen molar-refractivity contribution in [2.75, 3.05) is 12.4 Å². The van der Waals surface area contributed by atoms with Crippen LogP contribution in [0.15, 0.2) is 42.5 Å². The molecule has 2 aromatic carbocycles. The quantitative estimate of drug-likeness (QED) is 0.803. The van der Waals surface area contributed by atoms with Gasteiger partial charge in [0.25, 0.3) is 5.91 Å². The molecule has 0 saturated heterocycles. The number of hydrogen-bond acceptors (Lipinski definition) is 5. The van der Waals surface area contributed by atoms with Crippen LogP contribution in [0.3, 0.4) is 0 Å². The number of carbonyl (C=O) groups excluding carboxylic acids is 1. The van der Waals surface area contributed by atoms with Gasteiger partial charge in [-0.15, -0.1) is 0 Å². The largest absolute Gasteiger partial charge is 0.496 e. The van der Waals surface area contributed by atoms with E-state index in [1.165, 1.54) is 0 Å². The van der Waals surface area contributed by atoms with Crippen LogP contribution in [-0.2, 0) is 0 Å². The number of para-hydroxylation sites is 1. The highest BCUT2D eigenvalue weighted by atomic mass is 32.1. The summed E-state index contributed by atoms with van der Waals surface area (Å²) < 4.78 is 13.5. The van der Waals surface area contributed by atoms with Crippen molar-refractivity contribution in [3.8, 4) is 5.75 Å². The number of benzene rings is 2. The number of methoxy groups -OCH3 is 1. The summed E-state index contributed by atoms with van der Waals surface area (Å²) in [5.74, 6) is 0.325. The molecule has 5 nitrogen and oxygen atoms in total. The summed E-state index contributed by atoms with van der Waals surface area (Å²) in [7, 11) is 1.54. The van der Waals surface area contributed by atoms with E-state index in [1.807, 2.05) is 12.1 Å². The van der Waals surface area contributed by atoms with Crippen molar-refractivity contribution in [1.29, 1.82) is 0 Å². The maximum Gasteiger partial charge on any atom is 0.259 e. The van der Waals surface area contributed by atoms with Gasteiger partial charge in [-0.05, 0) is 30.3 Å². The molecule has 0 unspecified atom stereocenters. The average Bonchev–Trinajstić information content (AvgIpc) is 2.94. The number of nitrogens with zero attached hydrogens (tertiary/aromatic N) is 2. The number of rotatable bonds is 3. The van der Waals surface area contributed by atoms with E-state index in [0.717, 1.165) is 22.8 Å². The zero-order chi connectivity index (χ0) is 13.9. The first-order valence-electron chi connectivity index (χ1n) is 5.94. The Kier molecular flexibility index (Phi) is 3.30. The first-order chi connectivity index (χ1) is 9.78. The number of nitrogens with one attached hydrogen (secondary N) is 1. The zero-order valence-electron chi connectivity index (χ0n) is 10.7. The number of aromatic nitrogens is 2. The topological polar surface area (TPSA) is 64.1 Å². The van der Waals surface area contributed by atoms with E-state index in [2.05, 4.69) is 14.1 Å². The van der Waals surface area contributed by atoms with Gasteiger partial charge in [0.15, 0.2) is 0 Å². The molecule has 0 spiro atoms. The SMILES string of the molecule is COc1ccccc1C(=O)Nc1ccc2nsnc2c1. The molecule has 1 aromatic heterocycles. The van der Waals surface area contributed by atoms with Gasteiger partial charge in [0.2, 0.25) is 0 Å². The summed E-state index contributed by atoms with van der Waals surface area (Å²) in [5.41, 5.74) is 2.77. The highest BCUT2D eigenvalue weighted by Crippen LogP contribution is 2.21. The van der Waals surface area contributed by atoms with Crippen molar-refractivity contribution in [2.24, 2.45) is 0 Å². The molecule has 6 heteroatoms. The summed E-state index contributed by atoms with van der Waals surface area (Å²) in [6.07, 6.45) is 0. The molecule has 100 valence electrons. The Bertz CT molecular complexity index is 770. The van der Waals surface area contributed by atoms with Gasteiger partial charge < -0.3 is 10.1 Å². The lowest BCUT2D eigenvalue weighted by Gasteiger charge is -2.08. The minimum atomic E-state index is -0.218. The van der Waals surface area contributed by atoms with E-state index in [-0.39, 0.29) is 5.91 Å². The fourth-order valence-electron chi connectivity index (χ4n) is 1.89. The molecule has 20 heavy (non-hydrogen) atoms. The Morgan fingerprint density at radius 2 is 1.95 bits per heavy atom. The lowest BCUT2D eigenvalue weighted by atomic mass is 10.2. The first-order valence-corrected chi connectivity index (χ1v) is 6.67. The Morgan fingerprint density at radius 3 is 2.80 bits per heavy atom. The van der Waals surface area contributed by atoms with Gasteiger partial charge in [-0.3, -0.25) is 4.79 Å². The van der Waals surface area contributed by atoms with E-state index in [1.54, 1.807) is 37.4 Å². The van der Waals surface area contributed by atoms with Crippen LogP contribution < -0.4 is 10.1 Å². The molecular weight excluding hydrogens is 274 g/mol. The minimum absolute atomic E-state index is 0.218. The van der Waals surface area contributed by atoms with Gasteiger partial charge >= 0.3 is 0 Å². The second kappa shape index (κ2) is 5.26. The third kappa shape index (κ3) is 2.33. The predicted octanol–water partition coefficient (Wildman–Crippen LogP) is 2.95. The molecule has 0 saturated carbocycles. The van der Waals surface area contributed by atoms with Gasteiger partial charge in [0.05, 0.1) is 24.4 Å². The number of hydrogen-bond donors (Lipinski definition) is 1. The summed E-state index contributed by atoms with van der Waals surface area (Å²) in [6.45, 7) is 0. The van der Waals surface area contributed by atoms with Crippen LogP contribution >= 0.6 is 11.7 Å². The van der Waals surface area contributed by atoms with E-state index >= 15 is 0 Å². The first kappa shape index (κ1) is 12.6. The molecule has 3 rings (SSSR count). The van der Waals surface area contributed by atoms with Crippen LogP contribution in [0.5, 0.6) is 5.75 Å². The van der Waals surface area contributed by atoms with Gasteiger partial charge in [0.1, 0.15) is 16.8 Å². The molecule has 1 N–H and O–H groups in total. The lowest BCUT2D eigenvalue weighted by Crippen LogP contribution is -2.13. The van der Waals surface area contributed by atoms with Crippen molar-refractivity contribution >= 4 is 34.4 Å². The lowest BCUT2D eigenvalue weighted by molar-refractivity contribution is 0.102. The number of carbonyl (C=O) groups is 1. The molecule has 1 heterocycles. The molecule has 0 bridgehead atoms. The van der Waals surface area contributed by atoms with E-state index in [4.69, 9.17) is 4.74 Å². The third-order valence-corrected chi connectivity index (χ3v) is 3.42. The van der Waals surface area contributed by atoms with Crippen molar-refractivity contribution in [3.63, 3.8) is 0 Å².